The first-order valence-corrected chi connectivity index (χ1v) is 15.4. The fourth-order valence-corrected chi connectivity index (χ4v) is 6.99. The largest absolute Gasteiger partial charge is 0.453 e. The zero-order chi connectivity index (χ0) is 30.2. The van der Waals surface area contributed by atoms with Gasteiger partial charge in [-0.3, -0.25) is 0 Å². The predicted octanol–water partition coefficient (Wildman–Crippen LogP) is 10.5. The topological polar surface area (TPSA) is 56.2 Å². The van der Waals surface area contributed by atoms with Crippen LogP contribution in [0.2, 0.25) is 0 Å². The van der Waals surface area contributed by atoms with Crippen molar-refractivity contribution in [2.75, 3.05) is 0 Å². The van der Waals surface area contributed by atoms with Crippen LogP contribution in [0.1, 0.15) is 0 Å². The van der Waals surface area contributed by atoms with Gasteiger partial charge in [0, 0.05) is 21.9 Å². The van der Waals surface area contributed by atoms with E-state index in [0.29, 0.717) is 17.5 Å². The van der Waals surface area contributed by atoms with Crippen LogP contribution < -0.4 is 0 Å². The van der Waals surface area contributed by atoms with Gasteiger partial charge in [0.2, 0.25) is 0 Å². The summed E-state index contributed by atoms with van der Waals surface area (Å²) in [6.45, 7) is 0. The molecule has 0 N–H and O–H groups in total. The molecule has 10 aromatic rings. The van der Waals surface area contributed by atoms with Crippen LogP contribution in [0.15, 0.2) is 150 Å². The van der Waals surface area contributed by atoms with Gasteiger partial charge in [0.1, 0.15) is 11.1 Å². The van der Waals surface area contributed by atoms with Crippen molar-refractivity contribution in [3.63, 3.8) is 0 Å². The summed E-state index contributed by atoms with van der Waals surface area (Å²) in [4.78, 5) is 15.1. The van der Waals surface area contributed by atoms with Crippen LogP contribution in [0.25, 0.3) is 94.2 Å². The molecule has 0 spiro atoms. The van der Waals surface area contributed by atoms with Crippen molar-refractivity contribution in [2.24, 2.45) is 0 Å². The summed E-state index contributed by atoms with van der Waals surface area (Å²) in [5.74, 6) is 1.81. The molecule has 0 fully saturated rings. The Kier molecular flexibility index (Phi) is 5.22. The minimum Gasteiger partial charge on any atom is -0.453 e. The Bertz CT molecular complexity index is 2740. The summed E-state index contributed by atoms with van der Waals surface area (Å²) >= 11 is 0. The van der Waals surface area contributed by atoms with Gasteiger partial charge in [0.25, 0.3) is 0 Å². The third-order valence-corrected chi connectivity index (χ3v) is 9.02. The van der Waals surface area contributed by atoms with Crippen LogP contribution in [0.5, 0.6) is 0 Å². The van der Waals surface area contributed by atoms with Gasteiger partial charge in [-0.15, -0.1) is 0 Å². The van der Waals surface area contributed by atoms with Crippen molar-refractivity contribution in [2.45, 2.75) is 0 Å². The molecule has 214 valence electrons. The van der Waals surface area contributed by atoms with E-state index < -0.39 is 0 Å². The van der Waals surface area contributed by atoms with E-state index in [1.807, 2.05) is 60.7 Å². The number of rotatable bonds is 3. The van der Waals surface area contributed by atoms with Crippen molar-refractivity contribution < 1.29 is 4.42 Å². The second-order valence-electron chi connectivity index (χ2n) is 11.6. The zero-order valence-electron chi connectivity index (χ0n) is 24.6. The van der Waals surface area contributed by atoms with E-state index in [9.17, 15) is 0 Å². The van der Waals surface area contributed by atoms with Gasteiger partial charge in [-0.05, 0) is 40.4 Å². The third kappa shape index (κ3) is 3.54. The number of furan rings is 1. The summed E-state index contributed by atoms with van der Waals surface area (Å²) in [6, 6.07) is 50.2. The fraction of sp³-hybridized carbons (Fsp3) is 0. The molecule has 5 heteroatoms. The van der Waals surface area contributed by atoms with E-state index in [2.05, 4.69) is 89.3 Å². The lowest BCUT2D eigenvalue weighted by atomic mass is 9.99. The Hall–Kier alpha value is -6.33. The smallest absolute Gasteiger partial charge is 0.167 e. The maximum Gasteiger partial charge on any atom is 0.167 e. The van der Waals surface area contributed by atoms with Crippen LogP contribution in [-0.4, -0.2) is 19.4 Å². The Labute approximate surface area is 263 Å². The molecular formula is C41H24N4O. The molecule has 0 aliphatic carbocycles. The lowest BCUT2D eigenvalue weighted by molar-refractivity contribution is 0.673. The molecule has 6 aromatic carbocycles. The molecule has 5 nitrogen and oxygen atoms in total. The van der Waals surface area contributed by atoms with Crippen LogP contribution in [0.4, 0.5) is 0 Å². The fourth-order valence-electron chi connectivity index (χ4n) is 6.99. The van der Waals surface area contributed by atoms with E-state index >= 15 is 0 Å². The van der Waals surface area contributed by atoms with Crippen LogP contribution in [-0.2, 0) is 0 Å². The summed E-state index contributed by atoms with van der Waals surface area (Å²) in [7, 11) is 0. The van der Waals surface area contributed by atoms with Crippen molar-refractivity contribution >= 4 is 60.0 Å². The Morgan fingerprint density at radius 2 is 0.891 bits per heavy atom. The standard InChI is InChI=1S/C41H24N4O/c1-3-13-25(14-4-1)39-42-40(26-15-5-2-6-16-26)44-41(43-39)32-24-23-30-28-18-8-7-17-27(28)29-19-9-11-21-33(29)45-34-22-12-10-20-31(34)38-36(45)35(30)37(32)46-38/h1-24H. The molecular weight excluding hydrogens is 564 g/mol. The number of nitrogens with zero attached hydrogens (tertiary/aromatic N) is 4. The van der Waals surface area contributed by atoms with Gasteiger partial charge < -0.3 is 8.82 Å². The average molecular weight is 589 g/mol. The molecule has 0 radical (unpaired) electrons. The molecule has 0 saturated heterocycles. The van der Waals surface area contributed by atoms with Crippen LogP contribution in [0, 0.1) is 0 Å². The monoisotopic (exact) mass is 588 g/mol. The summed E-state index contributed by atoms with van der Waals surface area (Å²) < 4.78 is 9.37. The number of hydrogen-bond acceptors (Lipinski definition) is 4. The second kappa shape index (κ2) is 9.58. The Morgan fingerprint density at radius 1 is 0.391 bits per heavy atom. The van der Waals surface area contributed by atoms with Crippen molar-refractivity contribution in [1.29, 1.82) is 0 Å². The van der Waals surface area contributed by atoms with Crippen molar-refractivity contribution in [3.8, 4) is 34.2 Å². The van der Waals surface area contributed by atoms with Gasteiger partial charge in [-0.25, -0.2) is 15.0 Å². The van der Waals surface area contributed by atoms with Gasteiger partial charge in [-0.2, -0.15) is 0 Å². The molecule has 0 aliphatic rings. The predicted molar refractivity (Wildman–Crippen MR) is 187 cm³/mol. The molecule has 0 aliphatic heterocycles. The van der Waals surface area contributed by atoms with Crippen LogP contribution >= 0.6 is 0 Å². The van der Waals surface area contributed by atoms with Gasteiger partial charge in [0.15, 0.2) is 23.1 Å². The molecule has 10 rings (SSSR count). The highest BCUT2D eigenvalue weighted by atomic mass is 16.3. The molecule has 46 heavy (non-hydrogen) atoms. The molecule has 0 bridgehead atoms. The number of aromatic nitrogens is 4. The first-order chi connectivity index (χ1) is 22.8. The summed E-state index contributed by atoms with van der Waals surface area (Å²) in [5, 5.41) is 6.76. The van der Waals surface area contributed by atoms with E-state index in [-0.39, 0.29) is 0 Å². The highest BCUT2D eigenvalue weighted by Gasteiger charge is 2.24. The van der Waals surface area contributed by atoms with Crippen LogP contribution in [0.3, 0.4) is 0 Å². The maximum atomic E-state index is 7.00. The third-order valence-electron chi connectivity index (χ3n) is 9.02. The highest BCUT2D eigenvalue weighted by molar-refractivity contribution is 6.29. The van der Waals surface area contributed by atoms with Gasteiger partial charge >= 0.3 is 0 Å². The van der Waals surface area contributed by atoms with Crippen molar-refractivity contribution in [3.05, 3.63) is 146 Å². The number of benzene rings is 6. The molecule has 0 saturated carbocycles. The molecule has 4 aromatic heterocycles. The van der Waals surface area contributed by atoms with Gasteiger partial charge in [0.05, 0.1) is 22.0 Å². The van der Waals surface area contributed by atoms with E-state index in [4.69, 9.17) is 19.4 Å². The van der Waals surface area contributed by atoms with E-state index in [1.54, 1.807) is 0 Å². The molecule has 4 heterocycles. The van der Waals surface area contributed by atoms with Gasteiger partial charge in [-0.1, -0.05) is 121 Å². The second-order valence-corrected chi connectivity index (χ2v) is 11.6. The normalized spacial score (nSPS) is 11.9. The number of fused-ring (bicyclic) bond motifs is 8. The Balaban J connectivity index is 1.40. The first kappa shape index (κ1) is 25.0. The van der Waals surface area contributed by atoms with E-state index in [1.165, 1.54) is 10.8 Å². The molecule has 0 unspecified atom stereocenters. The molecule has 0 amide bonds. The average Bonchev–Trinajstić information content (AvgIpc) is 3.66. The summed E-state index contributed by atoms with van der Waals surface area (Å²) in [6.07, 6.45) is 0. The maximum absolute atomic E-state index is 7.00. The minimum absolute atomic E-state index is 0.572. The lowest BCUT2D eigenvalue weighted by Crippen LogP contribution is -2.00. The van der Waals surface area contributed by atoms with Crippen molar-refractivity contribution in [1.82, 2.24) is 19.4 Å². The Morgan fingerprint density at radius 3 is 1.54 bits per heavy atom. The van der Waals surface area contributed by atoms with E-state index in [0.717, 1.165) is 66.0 Å². The number of para-hydroxylation sites is 2. The SMILES string of the molecule is c1ccc(-c2nc(-c3ccccc3)nc(-c3ccc4c5ccccc5c5ccccc5n5c6ccccc6c6oc3c4c65)n2)cc1. The summed E-state index contributed by atoms with van der Waals surface area (Å²) in [5.41, 5.74) is 7.59. The minimum atomic E-state index is 0.572. The number of hydrogen-bond donors (Lipinski definition) is 0. The quantitative estimate of drug-likeness (QED) is 0.206. The lowest BCUT2D eigenvalue weighted by Gasteiger charge is -2.11. The first-order valence-electron chi connectivity index (χ1n) is 15.4. The zero-order valence-corrected chi connectivity index (χ0v) is 24.6. The highest BCUT2D eigenvalue weighted by Crippen LogP contribution is 2.45. The molecule has 0 atom stereocenters.